The molecule has 0 N–H and O–H groups in total. The van der Waals surface area contributed by atoms with Crippen LogP contribution in [-0.2, 0) is 6.42 Å². The maximum Gasteiger partial charge on any atom is 0.134 e. The van der Waals surface area contributed by atoms with E-state index in [9.17, 15) is 0 Å². The molecule has 3 aromatic carbocycles. The Labute approximate surface area is 202 Å². The zero-order valence-corrected chi connectivity index (χ0v) is 20.6. The molecule has 34 heavy (non-hydrogen) atoms. The van der Waals surface area contributed by atoms with E-state index >= 15 is 0 Å². The van der Waals surface area contributed by atoms with Crippen molar-refractivity contribution < 1.29 is 4.42 Å². The van der Waals surface area contributed by atoms with Crippen LogP contribution < -0.4 is 0 Å². The van der Waals surface area contributed by atoms with Crippen LogP contribution in [0.1, 0.15) is 37.7 Å². The quantitative estimate of drug-likeness (QED) is 0.276. The van der Waals surface area contributed by atoms with Gasteiger partial charge in [-0.15, -0.1) is 0 Å². The summed E-state index contributed by atoms with van der Waals surface area (Å²) < 4.78 is 6.28. The second-order valence-corrected chi connectivity index (χ2v) is 10.4. The van der Waals surface area contributed by atoms with Crippen LogP contribution in [0, 0.1) is 19.3 Å². The molecular formula is C32H31NO. The SMILES string of the molecule is Cc1ccnc(-c2ccc(-c3ccccc3)c(-c3ccc4oc(CC(C)(C)C)c(C)c4c3)c2)c1. The van der Waals surface area contributed by atoms with Gasteiger partial charge in [0.25, 0.3) is 0 Å². The van der Waals surface area contributed by atoms with E-state index in [-0.39, 0.29) is 5.41 Å². The number of rotatable bonds is 4. The standard InChI is InChI=1S/C32H31NO/c1-21-15-16-33-29(17-21)25-11-13-26(23-9-7-6-8-10-23)28(19-25)24-12-14-30-27(18-24)22(2)31(34-30)20-32(3,4)5/h6-19H,20H2,1-5H3. The molecule has 0 atom stereocenters. The molecule has 0 saturated heterocycles. The number of furan rings is 1. The van der Waals surface area contributed by atoms with Crippen LogP contribution in [0.5, 0.6) is 0 Å². The fourth-order valence-electron chi connectivity index (χ4n) is 4.60. The zero-order valence-electron chi connectivity index (χ0n) is 20.6. The van der Waals surface area contributed by atoms with Gasteiger partial charge in [0.05, 0.1) is 5.69 Å². The van der Waals surface area contributed by atoms with Gasteiger partial charge in [-0.1, -0.05) is 69.3 Å². The molecule has 0 aliphatic carbocycles. The zero-order chi connectivity index (χ0) is 23.9. The first-order valence-corrected chi connectivity index (χ1v) is 11.9. The van der Waals surface area contributed by atoms with Crippen molar-refractivity contribution in [1.29, 1.82) is 0 Å². The maximum atomic E-state index is 6.28. The summed E-state index contributed by atoms with van der Waals surface area (Å²) in [6, 6.07) is 28.0. The highest BCUT2D eigenvalue weighted by atomic mass is 16.3. The lowest BCUT2D eigenvalue weighted by Gasteiger charge is -2.16. The lowest BCUT2D eigenvalue weighted by Crippen LogP contribution is -2.09. The molecule has 5 aromatic rings. The van der Waals surface area contributed by atoms with Crippen molar-refractivity contribution in [1.82, 2.24) is 4.98 Å². The number of pyridine rings is 1. The Morgan fingerprint density at radius 1 is 0.735 bits per heavy atom. The van der Waals surface area contributed by atoms with Crippen LogP contribution in [0.4, 0.5) is 0 Å². The molecule has 0 amide bonds. The van der Waals surface area contributed by atoms with E-state index in [4.69, 9.17) is 4.42 Å². The molecule has 0 unspecified atom stereocenters. The minimum absolute atomic E-state index is 0.178. The molecule has 5 rings (SSSR count). The first-order chi connectivity index (χ1) is 16.3. The summed E-state index contributed by atoms with van der Waals surface area (Å²) >= 11 is 0. The molecule has 2 nitrogen and oxygen atoms in total. The van der Waals surface area contributed by atoms with Crippen molar-refractivity contribution in [2.75, 3.05) is 0 Å². The highest BCUT2D eigenvalue weighted by Gasteiger charge is 2.19. The molecule has 170 valence electrons. The number of nitrogens with zero attached hydrogens (tertiary/aromatic N) is 1. The highest BCUT2D eigenvalue weighted by Crippen LogP contribution is 2.38. The molecule has 0 radical (unpaired) electrons. The van der Waals surface area contributed by atoms with Gasteiger partial charge in [-0.25, -0.2) is 0 Å². The van der Waals surface area contributed by atoms with Gasteiger partial charge < -0.3 is 4.42 Å². The Morgan fingerprint density at radius 2 is 1.50 bits per heavy atom. The number of fused-ring (bicyclic) bond motifs is 1. The summed E-state index contributed by atoms with van der Waals surface area (Å²) in [5.41, 5.74) is 10.5. The first kappa shape index (κ1) is 22.2. The van der Waals surface area contributed by atoms with Crippen LogP contribution in [0.25, 0.3) is 44.5 Å². The lowest BCUT2D eigenvalue weighted by atomic mass is 9.89. The Balaban J connectivity index is 1.69. The molecule has 2 heteroatoms. The van der Waals surface area contributed by atoms with Gasteiger partial charge in [-0.3, -0.25) is 4.98 Å². The minimum Gasteiger partial charge on any atom is -0.461 e. The maximum absolute atomic E-state index is 6.28. The predicted octanol–water partition coefficient (Wildman–Crippen LogP) is 9.03. The first-order valence-electron chi connectivity index (χ1n) is 11.9. The van der Waals surface area contributed by atoms with Crippen LogP contribution in [-0.4, -0.2) is 4.98 Å². The Kier molecular flexibility index (Phi) is 5.61. The van der Waals surface area contributed by atoms with E-state index < -0.39 is 0 Å². The molecule has 0 saturated carbocycles. The molecule has 0 aliphatic heterocycles. The Hall–Kier alpha value is -3.65. The molecular weight excluding hydrogens is 414 g/mol. The summed E-state index contributed by atoms with van der Waals surface area (Å²) in [4.78, 5) is 4.63. The average molecular weight is 446 g/mol. The normalized spacial score (nSPS) is 11.8. The third kappa shape index (κ3) is 4.41. The van der Waals surface area contributed by atoms with Crippen LogP contribution in [0.15, 0.2) is 89.5 Å². The van der Waals surface area contributed by atoms with E-state index in [2.05, 4.69) is 112 Å². The highest BCUT2D eigenvalue weighted by molar-refractivity contribution is 5.92. The van der Waals surface area contributed by atoms with E-state index in [1.165, 1.54) is 38.8 Å². The average Bonchev–Trinajstić information content (AvgIpc) is 3.12. The van der Waals surface area contributed by atoms with Gasteiger partial charge in [-0.2, -0.15) is 0 Å². The van der Waals surface area contributed by atoms with Crippen LogP contribution >= 0.6 is 0 Å². The van der Waals surface area contributed by atoms with Crippen molar-refractivity contribution in [2.45, 2.75) is 41.0 Å². The third-order valence-electron chi connectivity index (χ3n) is 6.35. The molecule has 0 bridgehead atoms. The minimum atomic E-state index is 0.178. The predicted molar refractivity (Wildman–Crippen MR) is 143 cm³/mol. The van der Waals surface area contributed by atoms with E-state index in [0.717, 1.165) is 29.0 Å². The summed E-state index contributed by atoms with van der Waals surface area (Å²) in [6.07, 6.45) is 2.81. The second-order valence-electron chi connectivity index (χ2n) is 10.4. The Bertz CT molecular complexity index is 1470. The van der Waals surface area contributed by atoms with Crippen LogP contribution in [0.2, 0.25) is 0 Å². The summed E-state index contributed by atoms with van der Waals surface area (Å²) in [5, 5.41) is 1.19. The van der Waals surface area contributed by atoms with Gasteiger partial charge in [0.2, 0.25) is 0 Å². The van der Waals surface area contributed by atoms with Gasteiger partial charge >= 0.3 is 0 Å². The Morgan fingerprint density at radius 3 is 2.24 bits per heavy atom. The van der Waals surface area contributed by atoms with Crippen molar-refractivity contribution in [3.05, 3.63) is 102 Å². The number of hydrogen-bond donors (Lipinski definition) is 0. The lowest BCUT2D eigenvalue weighted by molar-refractivity contribution is 0.369. The molecule has 0 spiro atoms. The number of aryl methyl sites for hydroxylation is 2. The van der Waals surface area contributed by atoms with Crippen LogP contribution in [0.3, 0.4) is 0 Å². The fourth-order valence-corrected chi connectivity index (χ4v) is 4.60. The summed E-state index contributed by atoms with van der Waals surface area (Å²) in [5.74, 6) is 1.08. The van der Waals surface area contributed by atoms with E-state index in [1.54, 1.807) is 0 Å². The summed E-state index contributed by atoms with van der Waals surface area (Å²) in [6.45, 7) is 11.0. The topological polar surface area (TPSA) is 26.0 Å². The molecule has 0 aliphatic rings. The van der Waals surface area contributed by atoms with Gasteiger partial charge in [0, 0.05) is 23.6 Å². The second kappa shape index (κ2) is 8.61. The summed E-state index contributed by atoms with van der Waals surface area (Å²) in [7, 11) is 0. The molecule has 2 heterocycles. The number of benzene rings is 3. The van der Waals surface area contributed by atoms with Gasteiger partial charge in [-0.05, 0) is 83.0 Å². The fraction of sp³-hybridized carbons (Fsp3) is 0.219. The van der Waals surface area contributed by atoms with E-state index in [1.807, 2.05) is 12.3 Å². The van der Waals surface area contributed by atoms with Crippen molar-refractivity contribution in [3.8, 4) is 33.5 Å². The van der Waals surface area contributed by atoms with E-state index in [0.29, 0.717) is 0 Å². The molecule has 0 fully saturated rings. The van der Waals surface area contributed by atoms with Gasteiger partial charge in [0.15, 0.2) is 0 Å². The smallest absolute Gasteiger partial charge is 0.134 e. The molecule has 2 aromatic heterocycles. The van der Waals surface area contributed by atoms with Gasteiger partial charge in [0.1, 0.15) is 11.3 Å². The third-order valence-corrected chi connectivity index (χ3v) is 6.35. The number of hydrogen-bond acceptors (Lipinski definition) is 2. The number of aromatic nitrogens is 1. The largest absolute Gasteiger partial charge is 0.461 e. The van der Waals surface area contributed by atoms with Crippen molar-refractivity contribution in [3.63, 3.8) is 0 Å². The van der Waals surface area contributed by atoms with Crippen molar-refractivity contribution in [2.24, 2.45) is 5.41 Å². The monoisotopic (exact) mass is 445 g/mol. The van der Waals surface area contributed by atoms with Crippen molar-refractivity contribution >= 4 is 11.0 Å².